The minimum Gasteiger partial charge on any atom is -0.496 e. The SMILES string of the molecule is COc1cccc(C(F)(F)F)c1C(=O)c1cccnc1. The van der Waals surface area contributed by atoms with E-state index in [2.05, 4.69) is 4.98 Å². The van der Waals surface area contributed by atoms with Crippen molar-refractivity contribution in [1.82, 2.24) is 4.98 Å². The molecule has 0 amide bonds. The summed E-state index contributed by atoms with van der Waals surface area (Å²) in [6.45, 7) is 0. The summed E-state index contributed by atoms with van der Waals surface area (Å²) in [5.74, 6) is -0.892. The maximum atomic E-state index is 13.0. The molecule has 3 nitrogen and oxygen atoms in total. The lowest BCUT2D eigenvalue weighted by Gasteiger charge is -2.15. The van der Waals surface area contributed by atoms with Gasteiger partial charge in [0.25, 0.3) is 0 Å². The molecule has 0 aliphatic carbocycles. The van der Waals surface area contributed by atoms with Gasteiger partial charge in [-0.15, -0.1) is 0 Å². The number of ketones is 1. The van der Waals surface area contributed by atoms with Crippen molar-refractivity contribution >= 4 is 5.78 Å². The van der Waals surface area contributed by atoms with Crippen molar-refractivity contribution < 1.29 is 22.7 Å². The van der Waals surface area contributed by atoms with Gasteiger partial charge in [-0.2, -0.15) is 13.2 Å². The van der Waals surface area contributed by atoms with Gasteiger partial charge in [-0.25, -0.2) is 0 Å². The minimum atomic E-state index is -4.64. The molecule has 0 unspecified atom stereocenters. The molecular formula is C14H10F3NO2. The Morgan fingerprint density at radius 1 is 1.20 bits per heavy atom. The van der Waals surface area contributed by atoms with Crippen LogP contribution in [-0.2, 0) is 6.18 Å². The van der Waals surface area contributed by atoms with Gasteiger partial charge in [-0.05, 0) is 24.3 Å². The Labute approximate surface area is 113 Å². The van der Waals surface area contributed by atoms with Crippen LogP contribution in [0.4, 0.5) is 13.2 Å². The van der Waals surface area contributed by atoms with E-state index in [0.717, 1.165) is 6.07 Å². The summed E-state index contributed by atoms with van der Waals surface area (Å²) in [7, 11) is 1.22. The quantitative estimate of drug-likeness (QED) is 0.810. The predicted molar refractivity (Wildman–Crippen MR) is 65.7 cm³/mol. The highest BCUT2D eigenvalue weighted by molar-refractivity contribution is 6.11. The first-order chi connectivity index (χ1) is 9.45. The zero-order valence-electron chi connectivity index (χ0n) is 10.4. The van der Waals surface area contributed by atoms with Crippen LogP contribution in [0, 0.1) is 0 Å². The zero-order valence-corrected chi connectivity index (χ0v) is 10.4. The van der Waals surface area contributed by atoms with Gasteiger partial charge in [0.1, 0.15) is 5.75 Å². The number of carbonyl (C=O) groups excluding carboxylic acids is 1. The van der Waals surface area contributed by atoms with Gasteiger partial charge in [-0.1, -0.05) is 6.07 Å². The van der Waals surface area contributed by atoms with Crippen LogP contribution in [0.3, 0.4) is 0 Å². The van der Waals surface area contributed by atoms with Crippen molar-refractivity contribution in [2.24, 2.45) is 0 Å². The molecule has 0 aliphatic heterocycles. The molecule has 2 rings (SSSR count). The molecule has 0 radical (unpaired) electrons. The molecule has 0 N–H and O–H groups in total. The van der Waals surface area contributed by atoms with Crippen LogP contribution in [0.5, 0.6) is 5.75 Å². The van der Waals surface area contributed by atoms with Gasteiger partial charge < -0.3 is 4.74 Å². The molecule has 1 aromatic carbocycles. The molecule has 0 fully saturated rings. The molecule has 20 heavy (non-hydrogen) atoms. The van der Waals surface area contributed by atoms with Crippen LogP contribution in [0.1, 0.15) is 21.5 Å². The minimum absolute atomic E-state index is 0.0718. The van der Waals surface area contributed by atoms with Crippen molar-refractivity contribution in [3.05, 3.63) is 59.4 Å². The van der Waals surface area contributed by atoms with E-state index in [9.17, 15) is 18.0 Å². The highest BCUT2D eigenvalue weighted by Crippen LogP contribution is 2.37. The largest absolute Gasteiger partial charge is 0.496 e. The van der Waals surface area contributed by atoms with E-state index in [1.165, 1.54) is 43.8 Å². The second kappa shape index (κ2) is 5.32. The molecule has 104 valence electrons. The van der Waals surface area contributed by atoms with Crippen LogP contribution < -0.4 is 4.74 Å². The first-order valence-electron chi connectivity index (χ1n) is 5.64. The highest BCUT2D eigenvalue weighted by Gasteiger charge is 2.37. The summed E-state index contributed by atoms with van der Waals surface area (Å²) in [5.41, 5.74) is -1.45. The van der Waals surface area contributed by atoms with Gasteiger partial charge in [-0.3, -0.25) is 9.78 Å². The Morgan fingerprint density at radius 2 is 1.95 bits per heavy atom. The number of aromatic nitrogens is 1. The molecule has 1 aromatic heterocycles. The molecule has 0 atom stereocenters. The molecule has 0 saturated heterocycles. The van der Waals surface area contributed by atoms with E-state index in [4.69, 9.17) is 4.74 Å². The lowest BCUT2D eigenvalue weighted by Crippen LogP contribution is -2.15. The van der Waals surface area contributed by atoms with Crippen molar-refractivity contribution in [3.63, 3.8) is 0 Å². The van der Waals surface area contributed by atoms with E-state index in [-0.39, 0.29) is 11.3 Å². The Morgan fingerprint density at radius 3 is 2.50 bits per heavy atom. The molecule has 0 spiro atoms. The van der Waals surface area contributed by atoms with Crippen molar-refractivity contribution in [2.75, 3.05) is 7.11 Å². The topological polar surface area (TPSA) is 39.2 Å². The maximum Gasteiger partial charge on any atom is 0.417 e. The van der Waals surface area contributed by atoms with E-state index < -0.39 is 23.1 Å². The normalized spacial score (nSPS) is 11.2. The lowest BCUT2D eigenvalue weighted by molar-refractivity contribution is -0.138. The maximum absolute atomic E-state index is 13.0. The number of hydrogen-bond donors (Lipinski definition) is 0. The standard InChI is InChI=1S/C14H10F3NO2/c1-20-11-6-2-5-10(14(15,16)17)12(11)13(19)9-4-3-7-18-8-9/h2-8H,1H3. The van der Waals surface area contributed by atoms with Crippen molar-refractivity contribution in [1.29, 1.82) is 0 Å². The number of hydrogen-bond acceptors (Lipinski definition) is 3. The highest BCUT2D eigenvalue weighted by atomic mass is 19.4. The predicted octanol–water partition coefficient (Wildman–Crippen LogP) is 3.34. The molecule has 2 aromatic rings. The van der Waals surface area contributed by atoms with E-state index >= 15 is 0 Å². The first-order valence-corrected chi connectivity index (χ1v) is 5.64. The monoisotopic (exact) mass is 281 g/mol. The number of ether oxygens (including phenoxy) is 1. The van der Waals surface area contributed by atoms with Crippen LogP contribution >= 0.6 is 0 Å². The third-order valence-electron chi connectivity index (χ3n) is 2.70. The summed E-state index contributed by atoms with van der Waals surface area (Å²) in [6, 6.07) is 6.25. The van der Waals surface area contributed by atoms with Crippen LogP contribution in [0.15, 0.2) is 42.7 Å². The Balaban J connectivity index is 2.63. The van der Waals surface area contributed by atoms with Gasteiger partial charge in [0, 0.05) is 18.0 Å². The van der Waals surface area contributed by atoms with Gasteiger partial charge in [0.05, 0.1) is 18.2 Å². The van der Waals surface area contributed by atoms with Crippen molar-refractivity contribution in [3.8, 4) is 5.75 Å². The Hall–Kier alpha value is -2.37. The fraction of sp³-hybridized carbons (Fsp3) is 0.143. The molecule has 0 saturated carbocycles. The summed E-state index contributed by atoms with van der Waals surface area (Å²) < 4.78 is 43.9. The number of methoxy groups -OCH3 is 1. The van der Waals surface area contributed by atoms with E-state index in [0.29, 0.717) is 0 Å². The van der Waals surface area contributed by atoms with Crippen LogP contribution in [0.25, 0.3) is 0 Å². The number of pyridine rings is 1. The van der Waals surface area contributed by atoms with Gasteiger partial charge >= 0.3 is 6.18 Å². The summed E-state index contributed by atoms with van der Waals surface area (Å²) in [5, 5.41) is 0. The van der Waals surface area contributed by atoms with Crippen LogP contribution in [-0.4, -0.2) is 17.9 Å². The fourth-order valence-electron chi connectivity index (χ4n) is 1.81. The fourth-order valence-corrected chi connectivity index (χ4v) is 1.81. The number of benzene rings is 1. The van der Waals surface area contributed by atoms with Crippen molar-refractivity contribution in [2.45, 2.75) is 6.18 Å². The second-order valence-corrected chi connectivity index (χ2v) is 3.95. The molecule has 6 heteroatoms. The van der Waals surface area contributed by atoms with Gasteiger partial charge in [0.2, 0.25) is 0 Å². The molecular weight excluding hydrogens is 271 g/mol. The first kappa shape index (κ1) is 14.0. The Kier molecular flexibility index (Phi) is 3.74. The molecule has 0 aliphatic rings. The van der Waals surface area contributed by atoms with E-state index in [1.807, 2.05) is 0 Å². The smallest absolute Gasteiger partial charge is 0.417 e. The number of alkyl halides is 3. The van der Waals surface area contributed by atoms with E-state index in [1.54, 1.807) is 0 Å². The van der Waals surface area contributed by atoms with Crippen LogP contribution in [0.2, 0.25) is 0 Å². The third-order valence-corrected chi connectivity index (χ3v) is 2.70. The second-order valence-electron chi connectivity index (χ2n) is 3.95. The average Bonchev–Trinajstić information content (AvgIpc) is 2.45. The number of carbonyl (C=O) groups is 1. The van der Waals surface area contributed by atoms with Gasteiger partial charge in [0.15, 0.2) is 5.78 Å². The molecule has 0 bridgehead atoms. The zero-order chi connectivity index (χ0) is 14.8. The summed E-state index contributed by atoms with van der Waals surface area (Å²) in [6.07, 6.45) is -1.99. The number of nitrogens with zero attached hydrogens (tertiary/aromatic N) is 1. The summed E-state index contributed by atoms with van der Waals surface area (Å²) in [4.78, 5) is 16.0. The lowest BCUT2D eigenvalue weighted by atomic mass is 9.98. The molecule has 1 heterocycles. The number of halogens is 3. The summed E-state index contributed by atoms with van der Waals surface area (Å²) >= 11 is 0. The average molecular weight is 281 g/mol. The Bertz CT molecular complexity index is 624. The third kappa shape index (κ3) is 2.64. The number of rotatable bonds is 3.